The number of aromatic nitrogens is 1. The van der Waals surface area contributed by atoms with Crippen LogP contribution >= 0.6 is 11.6 Å². The second-order valence-electron chi connectivity index (χ2n) is 5.54. The van der Waals surface area contributed by atoms with Crippen molar-refractivity contribution in [2.24, 2.45) is 0 Å². The number of fused-ring (bicyclic) bond motifs is 1. The zero-order valence-corrected chi connectivity index (χ0v) is 13.7. The number of aliphatic hydroxyl groups is 1. The monoisotopic (exact) mass is 340 g/mol. The lowest BCUT2D eigenvalue weighted by molar-refractivity contribution is -0.123. The Labute approximate surface area is 145 Å². The molecule has 5 heteroatoms. The summed E-state index contributed by atoms with van der Waals surface area (Å²) in [5.41, 5.74) is 2.49. The van der Waals surface area contributed by atoms with Crippen LogP contribution < -0.4 is 5.32 Å². The van der Waals surface area contributed by atoms with Crippen molar-refractivity contribution >= 4 is 28.4 Å². The zero-order chi connectivity index (χ0) is 16.9. The molecule has 0 spiro atoms. The van der Waals surface area contributed by atoms with Crippen molar-refractivity contribution in [3.63, 3.8) is 0 Å². The Bertz CT molecular complexity index is 844. The SMILES string of the molecule is O=C(CC(O)c1ccc(Cl)cc1)NCc1cccc2cccnc12. The molecule has 0 fully saturated rings. The highest BCUT2D eigenvalue weighted by Crippen LogP contribution is 2.19. The van der Waals surface area contributed by atoms with Crippen molar-refractivity contribution in [1.29, 1.82) is 0 Å². The first kappa shape index (κ1) is 16.4. The summed E-state index contributed by atoms with van der Waals surface area (Å²) in [5.74, 6) is -0.217. The van der Waals surface area contributed by atoms with Crippen LogP contribution in [0.5, 0.6) is 0 Å². The van der Waals surface area contributed by atoms with E-state index >= 15 is 0 Å². The maximum absolute atomic E-state index is 12.1. The Morgan fingerprint density at radius 3 is 2.67 bits per heavy atom. The van der Waals surface area contributed by atoms with Gasteiger partial charge >= 0.3 is 0 Å². The normalized spacial score (nSPS) is 12.1. The third-order valence-corrected chi connectivity index (χ3v) is 4.08. The molecule has 0 radical (unpaired) electrons. The van der Waals surface area contributed by atoms with Gasteiger partial charge in [-0.15, -0.1) is 0 Å². The highest BCUT2D eigenvalue weighted by Gasteiger charge is 2.13. The van der Waals surface area contributed by atoms with Crippen LogP contribution in [0.25, 0.3) is 10.9 Å². The number of aliphatic hydroxyl groups excluding tert-OH is 1. The van der Waals surface area contributed by atoms with Crippen molar-refractivity contribution in [1.82, 2.24) is 10.3 Å². The molecule has 4 nitrogen and oxygen atoms in total. The van der Waals surface area contributed by atoms with E-state index in [-0.39, 0.29) is 12.3 Å². The zero-order valence-electron chi connectivity index (χ0n) is 12.9. The summed E-state index contributed by atoms with van der Waals surface area (Å²) in [6.45, 7) is 0.376. The lowest BCUT2D eigenvalue weighted by Crippen LogP contribution is -2.24. The molecule has 0 saturated heterocycles. The molecule has 0 aliphatic heterocycles. The van der Waals surface area contributed by atoms with Crippen LogP contribution in [0.3, 0.4) is 0 Å². The molecule has 2 N–H and O–H groups in total. The summed E-state index contributed by atoms with van der Waals surface area (Å²) < 4.78 is 0. The van der Waals surface area contributed by atoms with Gasteiger partial charge in [0.2, 0.25) is 5.91 Å². The predicted molar refractivity (Wildman–Crippen MR) is 94.6 cm³/mol. The summed E-state index contributed by atoms with van der Waals surface area (Å²) in [5, 5.41) is 14.6. The highest BCUT2D eigenvalue weighted by atomic mass is 35.5. The highest BCUT2D eigenvalue weighted by molar-refractivity contribution is 6.30. The molecule has 1 heterocycles. The van der Waals surface area contributed by atoms with Gasteiger partial charge in [0.1, 0.15) is 0 Å². The number of nitrogens with one attached hydrogen (secondary N) is 1. The fourth-order valence-electron chi connectivity index (χ4n) is 2.55. The third-order valence-electron chi connectivity index (χ3n) is 3.83. The number of halogens is 1. The van der Waals surface area contributed by atoms with Crippen LogP contribution in [0.4, 0.5) is 0 Å². The summed E-state index contributed by atoms with van der Waals surface area (Å²) in [7, 11) is 0. The van der Waals surface area contributed by atoms with Gasteiger partial charge in [0.15, 0.2) is 0 Å². The Morgan fingerprint density at radius 1 is 1.12 bits per heavy atom. The molecule has 1 aromatic heterocycles. The first-order chi connectivity index (χ1) is 11.6. The number of hydrogen-bond acceptors (Lipinski definition) is 3. The van der Waals surface area contributed by atoms with Crippen LogP contribution in [0.15, 0.2) is 60.8 Å². The van der Waals surface area contributed by atoms with Gasteiger partial charge in [0, 0.05) is 23.2 Å². The van der Waals surface area contributed by atoms with E-state index in [1.54, 1.807) is 30.5 Å². The van der Waals surface area contributed by atoms with E-state index in [9.17, 15) is 9.90 Å². The Balaban J connectivity index is 1.62. The maximum atomic E-state index is 12.1. The number of pyridine rings is 1. The van der Waals surface area contributed by atoms with Gasteiger partial charge < -0.3 is 10.4 Å². The number of benzene rings is 2. The smallest absolute Gasteiger partial charge is 0.223 e. The molecule has 0 aliphatic carbocycles. The molecule has 1 unspecified atom stereocenters. The quantitative estimate of drug-likeness (QED) is 0.745. The van der Waals surface area contributed by atoms with Gasteiger partial charge in [0.25, 0.3) is 0 Å². The molecule has 3 rings (SSSR count). The lowest BCUT2D eigenvalue weighted by atomic mass is 10.1. The first-order valence-corrected chi connectivity index (χ1v) is 8.04. The fraction of sp³-hybridized carbons (Fsp3) is 0.158. The predicted octanol–water partition coefficient (Wildman–Crippen LogP) is 3.63. The van der Waals surface area contributed by atoms with Gasteiger partial charge in [-0.3, -0.25) is 9.78 Å². The average Bonchev–Trinajstić information content (AvgIpc) is 2.60. The summed E-state index contributed by atoms with van der Waals surface area (Å²) in [4.78, 5) is 16.4. The standard InChI is InChI=1S/C19H17ClN2O2/c20-16-8-6-13(7-9-16)17(23)11-18(24)22-12-15-4-1-3-14-5-2-10-21-19(14)15/h1-10,17,23H,11-12H2,(H,22,24). The number of carbonyl (C=O) groups excluding carboxylic acids is 1. The van der Waals surface area contributed by atoms with Crippen molar-refractivity contribution in [2.45, 2.75) is 19.1 Å². The molecule has 0 saturated carbocycles. The molecule has 1 amide bonds. The molecule has 1 atom stereocenters. The van der Waals surface area contributed by atoms with E-state index in [0.29, 0.717) is 17.1 Å². The van der Waals surface area contributed by atoms with E-state index in [2.05, 4.69) is 10.3 Å². The molecule has 3 aromatic rings. The number of rotatable bonds is 5. The van der Waals surface area contributed by atoms with Crippen LogP contribution in [-0.4, -0.2) is 16.0 Å². The van der Waals surface area contributed by atoms with Crippen molar-refractivity contribution in [2.75, 3.05) is 0 Å². The lowest BCUT2D eigenvalue weighted by Gasteiger charge is -2.12. The van der Waals surface area contributed by atoms with Crippen LogP contribution in [0, 0.1) is 0 Å². The van der Waals surface area contributed by atoms with Gasteiger partial charge in [-0.2, -0.15) is 0 Å². The third kappa shape index (κ3) is 3.91. The second kappa shape index (κ2) is 7.43. The fourth-order valence-corrected chi connectivity index (χ4v) is 2.68. The average molecular weight is 341 g/mol. The number of amides is 1. The minimum absolute atomic E-state index is 0.000172. The van der Waals surface area contributed by atoms with Crippen LogP contribution in [0.1, 0.15) is 23.7 Å². The summed E-state index contributed by atoms with van der Waals surface area (Å²) >= 11 is 5.82. The number of carbonyl (C=O) groups is 1. The second-order valence-corrected chi connectivity index (χ2v) is 5.98. The Hall–Kier alpha value is -2.43. The maximum Gasteiger partial charge on any atom is 0.223 e. The molecule has 0 aliphatic rings. The Morgan fingerprint density at radius 2 is 1.88 bits per heavy atom. The van der Waals surface area contributed by atoms with E-state index in [1.807, 2.05) is 30.3 Å². The summed E-state index contributed by atoms with van der Waals surface area (Å²) in [6, 6.07) is 16.5. The van der Waals surface area contributed by atoms with Crippen LogP contribution in [0.2, 0.25) is 5.02 Å². The van der Waals surface area contributed by atoms with E-state index in [4.69, 9.17) is 11.6 Å². The van der Waals surface area contributed by atoms with E-state index in [0.717, 1.165) is 16.5 Å². The van der Waals surface area contributed by atoms with Gasteiger partial charge in [0.05, 0.1) is 18.0 Å². The van der Waals surface area contributed by atoms with Crippen molar-refractivity contribution in [3.8, 4) is 0 Å². The van der Waals surface area contributed by atoms with Gasteiger partial charge in [-0.25, -0.2) is 0 Å². The van der Waals surface area contributed by atoms with Gasteiger partial charge in [-0.1, -0.05) is 48.0 Å². The Kier molecular flexibility index (Phi) is 5.08. The van der Waals surface area contributed by atoms with Crippen molar-refractivity contribution < 1.29 is 9.90 Å². The number of nitrogens with zero attached hydrogens (tertiary/aromatic N) is 1. The topological polar surface area (TPSA) is 62.2 Å². The molecular formula is C19H17ClN2O2. The molecule has 24 heavy (non-hydrogen) atoms. The minimum Gasteiger partial charge on any atom is -0.388 e. The molecular weight excluding hydrogens is 324 g/mol. The van der Waals surface area contributed by atoms with Crippen molar-refractivity contribution in [3.05, 3.63) is 76.9 Å². The summed E-state index contributed by atoms with van der Waals surface area (Å²) in [6.07, 6.45) is 0.880. The van der Waals surface area contributed by atoms with Gasteiger partial charge in [-0.05, 0) is 29.3 Å². The molecule has 122 valence electrons. The number of para-hydroxylation sites is 1. The van der Waals surface area contributed by atoms with Crippen LogP contribution in [-0.2, 0) is 11.3 Å². The first-order valence-electron chi connectivity index (χ1n) is 7.66. The largest absolute Gasteiger partial charge is 0.388 e. The van der Waals surface area contributed by atoms with E-state index < -0.39 is 6.10 Å². The minimum atomic E-state index is -0.854. The molecule has 0 bridgehead atoms. The van der Waals surface area contributed by atoms with E-state index in [1.165, 1.54) is 0 Å². The molecule has 2 aromatic carbocycles. The number of hydrogen-bond donors (Lipinski definition) is 2.